The van der Waals surface area contributed by atoms with E-state index in [2.05, 4.69) is 10.6 Å². The van der Waals surface area contributed by atoms with Crippen molar-refractivity contribution in [1.29, 1.82) is 0 Å². The van der Waals surface area contributed by atoms with Gasteiger partial charge in [0.2, 0.25) is 5.91 Å². The van der Waals surface area contributed by atoms with Crippen LogP contribution in [0.5, 0.6) is 0 Å². The lowest BCUT2D eigenvalue weighted by Crippen LogP contribution is -2.59. The number of nitrogens with zero attached hydrogens (tertiary/aromatic N) is 2. The molecular formula is C27H40N4O6. The van der Waals surface area contributed by atoms with Crippen LogP contribution in [0.15, 0.2) is 30.3 Å². The molecule has 5 atom stereocenters. The number of amides is 3. The number of urea groups is 1. The van der Waals surface area contributed by atoms with Gasteiger partial charge in [-0.05, 0) is 57.9 Å². The minimum atomic E-state index is -0.753. The summed E-state index contributed by atoms with van der Waals surface area (Å²) >= 11 is 0. The van der Waals surface area contributed by atoms with E-state index in [4.69, 9.17) is 9.47 Å². The second-order valence-corrected chi connectivity index (χ2v) is 9.58. The molecule has 10 nitrogen and oxygen atoms in total. The molecule has 37 heavy (non-hydrogen) atoms. The van der Waals surface area contributed by atoms with Gasteiger partial charge in [-0.25, -0.2) is 9.59 Å². The fraction of sp³-hybridized carbons (Fsp3) is 0.630. The fourth-order valence-electron chi connectivity index (χ4n) is 5.37. The maximum atomic E-state index is 13.8. The average Bonchev–Trinajstić information content (AvgIpc) is 3.29. The predicted octanol–water partition coefficient (Wildman–Crippen LogP) is 1.72. The highest BCUT2D eigenvalue weighted by Gasteiger charge is 2.51. The van der Waals surface area contributed by atoms with Gasteiger partial charge in [-0.2, -0.15) is 0 Å². The largest absolute Gasteiger partial charge is 0.465 e. The molecule has 1 aromatic rings. The monoisotopic (exact) mass is 516 g/mol. The Balaban J connectivity index is 1.78. The number of ether oxygens (including phenoxy) is 2. The van der Waals surface area contributed by atoms with Crippen LogP contribution in [0.4, 0.5) is 4.79 Å². The van der Waals surface area contributed by atoms with Crippen LogP contribution in [0, 0.1) is 5.92 Å². The van der Waals surface area contributed by atoms with Crippen molar-refractivity contribution in [1.82, 2.24) is 20.4 Å². The Labute approximate surface area is 219 Å². The Kier molecular flexibility index (Phi) is 10.3. The summed E-state index contributed by atoms with van der Waals surface area (Å²) in [6, 6.07) is 7.14. The molecule has 10 heteroatoms. The van der Waals surface area contributed by atoms with E-state index in [9.17, 15) is 19.2 Å². The van der Waals surface area contributed by atoms with Crippen LogP contribution in [0.2, 0.25) is 0 Å². The molecule has 204 valence electrons. The van der Waals surface area contributed by atoms with Gasteiger partial charge < -0.3 is 24.6 Å². The van der Waals surface area contributed by atoms with E-state index in [1.54, 1.807) is 37.6 Å². The first-order chi connectivity index (χ1) is 17.8. The summed E-state index contributed by atoms with van der Waals surface area (Å²) < 4.78 is 10.6. The number of benzene rings is 1. The molecule has 3 amide bonds. The first-order valence-corrected chi connectivity index (χ1v) is 13.2. The van der Waals surface area contributed by atoms with Crippen LogP contribution in [0.25, 0.3) is 0 Å². The summed E-state index contributed by atoms with van der Waals surface area (Å²) in [5.74, 6) is -1.05. The van der Waals surface area contributed by atoms with Crippen LogP contribution in [0.3, 0.4) is 0 Å². The maximum absolute atomic E-state index is 13.8. The predicted molar refractivity (Wildman–Crippen MR) is 138 cm³/mol. The lowest BCUT2D eigenvalue weighted by Gasteiger charge is -2.39. The van der Waals surface area contributed by atoms with Crippen molar-refractivity contribution in [3.63, 3.8) is 0 Å². The standard InChI is InChI=1S/C27H40N4O6/c1-5-36-25(33)21(13-12-19-10-8-7-9-11-19)29-18(3)24(32)31-22(26(34)37-6-2)16-20-14-15-30(17-23(20)31)27(35)28-4/h7-11,18,20-23,29H,5-6,12-17H2,1-4H3,(H,28,35)/t18-,20+,21+,22-,23-/m0/s1. The third kappa shape index (κ3) is 7.00. The quantitative estimate of drug-likeness (QED) is 0.455. The number of nitrogens with one attached hydrogen (secondary N) is 2. The summed E-state index contributed by atoms with van der Waals surface area (Å²) in [6.07, 6.45) is 2.29. The fourth-order valence-corrected chi connectivity index (χ4v) is 5.37. The molecule has 2 saturated heterocycles. The van der Waals surface area contributed by atoms with E-state index < -0.39 is 30.1 Å². The minimum Gasteiger partial charge on any atom is -0.465 e. The zero-order chi connectivity index (χ0) is 26.9. The van der Waals surface area contributed by atoms with Crippen molar-refractivity contribution in [2.45, 2.75) is 70.6 Å². The Hall–Kier alpha value is -3.14. The van der Waals surface area contributed by atoms with E-state index in [-0.39, 0.29) is 37.1 Å². The topological polar surface area (TPSA) is 117 Å². The second-order valence-electron chi connectivity index (χ2n) is 9.58. The molecule has 3 rings (SSSR count). The van der Waals surface area contributed by atoms with Gasteiger partial charge in [0.05, 0.1) is 25.3 Å². The summed E-state index contributed by atoms with van der Waals surface area (Å²) in [5, 5.41) is 5.81. The number of rotatable bonds is 10. The van der Waals surface area contributed by atoms with Gasteiger partial charge in [-0.3, -0.25) is 14.9 Å². The van der Waals surface area contributed by atoms with Crippen LogP contribution in [0.1, 0.15) is 45.6 Å². The van der Waals surface area contributed by atoms with Crippen LogP contribution in [-0.2, 0) is 30.3 Å². The van der Waals surface area contributed by atoms with Gasteiger partial charge in [0.25, 0.3) is 0 Å². The first kappa shape index (κ1) is 28.4. The summed E-state index contributed by atoms with van der Waals surface area (Å²) in [7, 11) is 1.57. The summed E-state index contributed by atoms with van der Waals surface area (Å²) in [6.45, 7) is 6.54. The molecular weight excluding hydrogens is 476 g/mol. The van der Waals surface area contributed by atoms with Crippen molar-refractivity contribution in [2.75, 3.05) is 33.4 Å². The second kappa shape index (κ2) is 13.4. The van der Waals surface area contributed by atoms with Crippen molar-refractivity contribution >= 4 is 23.9 Å². The molecule has 0 bridgehead atoms. The zero-order valence-electron chi connectivity index (χ0n) is 22.3. The first-order valence-electron chi connectivity index (χ1n) is 13.2. The molecule has 0 aromatic heterocycles. The number of carbonyl (C=O) groups excluding carboxylic acids is 4. The van der Waals surface area contributed by atoms with Crippen molar-refractivity contribution in [2.24, 2.45) is 5.92 Å². The lowest BCUT2D eigenvalue weighted by atomic mass is 9.91. The lowest BCUT2D eigenvalue weighted by molar-refractivity contribution is -0.155. The third-order valence-corrected chi connectivity index (χ3v) is 7.21. The summed E-state index contributed by atoms with van der Waals surface area (Å²) in [5.41, 5.74) is 1.08. The van der Waals surface area contributed by atoms with E-state index >= 15 is 0 Å². The Morgan fingerprint density at radius 2 is 1.78 bits per heavy atom. The van der Waals surface area contributed by atoms with Gasteiger partial charge in [0.1, 0.15) is 12.1 Å². The van der Waals surface area contributed by atoms with Crippen molar-refractivity contribution < 1.29 is 28.7 Å². The number of hydrogen-bond acceptors (Lipinski definition) is 7. The van der Waals surface area contributed by atoms with E-state index in [1.165, 1.54) is 0 Å². The highest BCUT2D eigenvalue weighted by Crippen LogP contribution is 2.37. The molecule has 0 saturated carbocycles. The van der Waals surface area contributed by atoms with E-state index in [0.29, 0.717) is 38.8 Å². The van der Waals surface area contributed by atoms with E-state index in [0.717, 1.165) is 5.56 Å². The number of esters is 2. The van der Waals surface area contributed by atoms with Crippen LogP contribution < -0.4 is 10.6 Å². The van der Waals surface area contributed by atoms with Crippen molar-refractivity contribution in [3.05, 3.63) is 35.9 Å². The maximum Gasteiger partial charge on any atom is 0.328 e. The molecule has 2 N–H and O–H groups in total. The smallest absolute Gasteiger partial charge is 0.328 e. The normalized spacial score (nSPS) is 22.5. The van der Waals surface area contributed by atoms with Gasteiger partial charge in [0.15, 0.2) is 0 Å². The summed E-state index contributed by atoms with van der Waals surface area (Å²) in [4.78, 5) is 55.0. The van der Waals surface area contributed by atoms with Gasteiger partial charge in [0, 0.05) is 20.1 Å². The van der Waals surface area contributed by atoms with Crippen LogP contribution >= 0.6 is 0 Å². The molecule has 2 fully saturated rings. The van der Waals surface area contributed by atoms with Gasteiger partial charge in [-0.1, -0.05) is 30.3 Å². The molecule has 2 heterocycles. The molecule has 2 aliphatic heterocycles. The Bertz CT molecular complexity index is 942. The molecule has 1 aromatic carbocycles. The minimum absolute atomic E-state index is 0.0883. The molecule has 0 aliphatic carbocycles. The van der Waals surface area contributed by atoms with Gasteiger partial charge >= 0.3 is 18.0 Å². The Morgan fingerprint density at radius 3 is 2.43 bits per heavy atom. The Morgan fingerprint density at radius 1 is 1.08 bits per heavy atom. The number of piperidine rings is 1. The van der Waals surface area contributed by atoms with E-state index in [1.807, 2.05) is 30.3 Å². The number of aryl methyl sites for hydroxylation is 1. The highest BCUT2D eigenvalue weighted by atomic mass is 16.5. The highest BCUT2D eigenvalue weighted by molar-refractivity contribution is 5.89. The molecule has 0 unspecified atom stereocenters. The van der Waals surface area contributed by atoms with Crippen LogP contribution in [-0.4, -0.2) is 91.2 Å². The molecule has 0 radical (unpaired) electrons. The molecule has 0 spiro atoms. The number of fused-ring (bicyclic) bond motifs is 1. The van der Waals surface area contributed by atoms with Gasteiger partial charge in [-0.15, -0.1) is 0 Å². The number of hydrogen-bond donors (Lipinski definition) is 2. The SMILES string of the molecule is CCOC(=O)[C@@H](CCc1ccccc1)N[C@@H](C)C(=O)N1[C@H](C(=O)OCC)C[C@H]2CCN(C(=O)NC)C[C@@H]21. The third-order valence-electron chi connectivity index (χ3n) is 7.21. The van der Waals surface area contributed by atoms with Crippen molar-refractivity contribution in [3.8, 4) is 0 Å². The average molecular weight is 517 g/mol. The zero-order valence-corrected chi connectivity index (χ0v) is 22.3. The molecule has 2 aliphatic rings. The number of likely N-dealkylation sites (tertiary alicyclic amines) is 2. The number of carbonyl (C=O) groups is 4.